The van der Waals surface area contributed by atoms with Gasteiger partial charge in [0.15, 0.2) is 5.65 Å². The molecule has 0 radical (unpaired) electrons. The van der Waals surface area contributed by atoms with Crippen LogP contribution < -0.4 is 10.2 Å². The number of carbonyl (C=O) groups is 1. The van der Waals surface area contributed by atoms with Crippen molar-refractivity contribution in [2.24, 2.45) is 0 Å². The third-order valence-corrected chi connectivity index (χ3v) is 6.26. The molecule has 5 rings (SSSR count). The molecule has 2 saturated heterocycles. The highest BCUT2D eigenvalue weighted by Crippen LogP contribution is 2.28. The number of rotatable bonds is 4. The zero-order chi connectivity index (χ0) is 21.4. The lowest BCUT2D eigenvalue weighted by molar-refractivity contribution is -0.137. The highest BCUT2D eigenvalue weighted by molar-refractivity contribution is 6.30. The summed E-state index contributed by atoms with van der Waals surface area (Å²) in [5.74, 6) is 0.472. The Hall–Kier alpha value is -2.94. The Balaban J connectivity index is 1.32. The molecule has 1 aromatic carbocycles. The Kier molecular flexibility index (Phi) is 5.35. The lowest BCUT2D eigenvalue weighted by Crippen LogP contribution is -2.56. The second-order valence-electron chi connectivity index (χ2n) is 8.10. The summed E-state index contributed by atoms with van der Waals surface area (Å²) in [6.07, 6.45) is 6.79. The van der Waals surface area contributed by atoms with Crippen LogP contribution in [0.4, 0.5) is 15.9 Å². The molecule has 10 heteroatoms. The van der Waals surface area contributed by atoms with E-state index in [0.717, 1.165) is 43.6 Å². The first-order valence-corrected chi connectivity index (χ1v) is 10.9. The molecule has 1 amide bonds. The predicted molar refractivity (Wildman–Crippen MR) is 117 cm³/mol. The number of benzene rings is 1. The maximum Gasteiger partial charge on any atom is 0.245 e. The topological polar surface area (TPSA) is 90.0 Å². The fourth-order valence-electron chi connectivity index (χ4n) is 4.64. The molecule has 0 bridgehead atoms. The second kappa shape index (κ2) is 8.30. The predicted octanol–water partition coefficient (Wildman–Crippen LogP) is 3.22. The van der Waals surface area contributed by atoms with Crippen molar-refractivity contribution in [3.8, 4) is 0 Å². The van der Waals surface area contributed by atoms with E-state index in [2.05, 4.69) is 30.4 Å². The van der Waals surface area contributed by atoms with E-state index in [-0.39, 0.29) is 18.0 Å². The number of aromatic amines is 1. The Morgan fingerprint density at radius 3 is 2.90 bits per heavy atom. The smallest absolute Gasteiger partial charge is 0.245 e. The molecule has 0 aliphatic carbocycles. The van der Waals surface area contributed by atoms with Gasteiger partial charge in [-0.15, -0.1) is 0 Å². The van der Waals surface area contributed by atoms with Gasteiger partial charge in [0.1, 0.15) is 24.0 Å². The van der Waals surface area contributed by atoms with Crippen LogP contribution in [-0.4, -0.2) is 62.7 Å². The monoisotopic (exact) mass is 443 g/mol. The molecule has 1 unspecified atom stereocenters. The Labute approximate surface area is 183 Å². The van der Waals surface area contributed by atoms with E-state index in [0.29, 0.717) is 29.3 Å². The summed E-state index contributed by atoms with van der Waals surface area (Å²) in [7, 11) is 0. The summed E-state index contributed by atoms with van der Waals surface area (Å²) >= 11 is 5.96. The van der Waals surface area contributed by atoms with E-state index in [4.69, 9.17) is 11.6 Å². The quantitative estimate of drug-likeness (QED) is 0.643. The van der Waals surface area contributed by atoms with Crippen LogP contribution in [0.2, 0.25) is 5.02 Å². The summed E-state index contributed by atoms with van der Waals surface area (Å²) < 4.78 is 13.7. The maximum atomic E-state index is 13.7. The number of piperidine rings is 2. The van der Waals surface area contributed by atoms with E-state index >= 15 is 0 Å². The zero-order valence-electron chi connectivity index (χ0n) is 16.9. The summed E-state index contributed by atoms with van der Waals surface area (Å²) in [5, 5.41) is 11.3. The van der Waals surface area contributed by atoms with Gasteiger partial charge in [-0.3, -0.25) is 9.89 Å². The van der Waals surface area contributed by atoms with Crippen LogP contribution >= 0.6 is 11.6 Å². The van der Waals surface area contributed by atoms with Crippen LogP contribution in [0.5, 0.6) is 0 Å². The van der Waals surface area contributed by atoms with Crippen LogP contribution in [-0.2, 0) is 4.79 Å². The number of fused-ring (bicyclic) bond motifs is 1. The number of nitrogens with zero attached hydrogens (tertiary/aromatic N) is 5. The van der Waals surface area contributed by atoms with Gasteiger partial charge in [0, 0.05) is 36.4 Å². The summed E-state index contributed by atoms with van der Waals surface area (Å²) in [6, 6.07) is 3.97. The normalized spacial score (nSPS) is 22.2. The molecular formula is C21H23ClFN7O. The van der Waals surface area contributed by atoms with Crippen LogP contribution in [0.25, 0.3) is 11.0 Å². The highest BCUT2D eigenvalue weighted by atomic mass is 35.5. The number of hydrogen-bond donors (Lipinski definition) is 2. The van der Waals surface area contributed by atoms with Gasteiger partial charge in [0.05, 0.1) is 11.6 Å². The molecule has 0 saturated carbocycles. The molecule has 3 aromatic rings. The van der Waals surface area contributed by atoms with Crippen LogP contribution in [0.15, 0.2) is 30.7 Å². The number of amides is 1. The van der Waals surface area contributed by atoms with Gasteiger partial charge < -0.3 is 15.1 Å². The molecule has 162 valence electrons. The van der Waals surface area contributed by atoms with Gasteiger partial charge in [-0.05, 0) is 43.9 Å². The first kappa shape index (κ1) is 20.0. The van der Waals surface area contributed by atoms with Crippen molar-refractivity contribution in [3.63, 3.8) is 0 Å². The molecule has 4 heterocycles. The van der Waals surface area contributed by atoms with Crippen LogP contribution in [0.3, 0.4) is 0 Å². The van der Waals surface area contributed by atoms with Crippen molar-refractivity contribution in [2.75, 3.05) is 29.9 Å². The fraction of sp³-hybridized carbons (Fsp3) is 0.429. The molecule has 2 N–H and O–H groups in total. The van der Waals surface area contributed by atoms with E-state index in [1.54, 1.807) is 12.3 Å². The second-order valence-corrected chi connectivity index (χ2v) is 8.54. The van der Waals surface area contributed by atoms with Crippen LogP contribution in [0, 0.1) is 5.82 Å². The third-order valence-electron chi connectivity index (χ3n) is 6.04. The lowest BCUT2D eigenvalue weighted by atomic mass is 9.97. The van der Waals surface area contributed by atoms with Crippen molar-refractivity contribution in [2.45, 2.75) is 37.8 Å². The van der Waals surface area contributed by atoms with E-state index in [1.165, 1.54) is 18.5 Å². The molecule has 31 heavy (non-hydrogen) atoms. The first-order chi connectivity index (χ1) is 15.1. The molecule has 2 aromatic heterocycles. The highest BCUT2D eigenvalue weighted by Gasteiger charge is 2.35. The van der Waals surface area contributed by atoms with Gasteiger partial charge in [-0.2, -0.15) is 5.10 Å². The fourth-order valence-corrected chi connectivity index (χ4v) is 4.86. The van der Waals surface area contributed by atoms with E-state index < -0.39 is 5.82 Å². The number of likely N-dealkylation sites (tertiary alicyclic amines) is 1. The average Bonchev–Trinajstić information content (AvgIpc) is 3.24. The summed E-state index contributed by atoms with van der Waals surface area (Å²) in [5.41, 5.74) is 1.23. The van der Waals surface area contributed by atoms with Gasteiger partial charge in [0.2, 0.25) is 5.91 Å². The SMILES string of the molecule is O=C1C(Nc2cc(F)cc(Cl)c2)CCCN1[C@@H]1CCCN(c2ncnc3[nH]ncc23)C1. The number of aromatic nitrogens is 4. The molecule has 2 aliphatic rings. The summed E-state index contributed by atoms with van der Waals surface area (Å²) in [4.78, 5) is 26.2. The van der Waals surface area contributed by atoms with E-state index in [1.807, 2.05) is 4.90 Å². The largest absolute Gasteiger partial charge is 0.374 e. The number of hydrogen-bond acceptors (Lipinski definition) is 6. The van der Waals surface area contributed by atoms with Gasteiger partial charge in [-0.25, -0.2) is 14.4 Å². The molecular weight excluding hydrogens is 421 g/mol. The first-order valence-electron chi connectivity index (χ1n) is 10.5. The van der Waals surface area contributed by atoms with Crippen molar-refractivity contribution in [1.29, 1.82) is 0 Å². The van der Waals surface area contributed by atoms with Gasteiger partial charge >= 0.3 is 0 Å². The molecule has 2 atom stereocenters. The number of nitrogens with one attached hydrogen (secondary N) is 2. The Morgan fingerprint density at radius 2 is 2.03 bits per heavy atom. The van der Waals surface area contributed by atoms with Gasteiger partial charge in [0.25, 0.3) is 0 Å². The van der Waals surface area contributed by atoms with Crippen molar-refractivity contribution < 1.29 is 9.18 Å². The van der Waals surface area contributed by atoms with Gasteiger partial charge in [-0.1, -0.05) is 11.6 Å². The minimum absolute atomic E-state index is 0.0506. The van der Waals surface area contributed by atoms with Crippen molar-refractivity contribution in [3.05, 3.63) is 41.6 Å². The standard InChI is InChI=1S/C21H23ClFN7O/c22-13-7-14(23)9-15(8-13)27-18-4-2-6-30(21(18)31)16-3-1-5-29(11-16)20-17-10-26-28-19(17)24-12-25-20/h7-10,12,16,18,27H,1-6,11H2,(H,24,25,26,28)/t16-,18?/m1/s1. The number of halogens is 2. The van der Waals surface area contributed by atoms with Crippen molar-refractivity contribution >= 4 is 40.0 Å². The minimum Gasteiger partial charge on any atom is -0.374 e. The molecule has 8 nitrogen and oxygen atoms in total. The molecule has 0 spiro atoms. The number of carbonyl (C=O) groups excluding carboxylic acids is 1. The Bertz CT molecular complexity index is 1090. The number of H-pyrrole nitrogens is 1. The zero-order valence-corrected chi connectivity index (χ0v) is 17.6. The lowest BCUT2D eigenvalue weighted by Gasteiger charge is -2.43. The maximum absolute atomic E-state index is 13.7. The molecule has 2 fully saturated rings. The summed E-state index contributed by atoms with van der Waals surface area (Å²) in [6.45, 7) is 2.31. The Morgan fingerprint density at radius 1 is 1.16 bits per heavy atom. The average molecular weight is 444 g/mol. The third kappa shape index (κ3) is 4.01. The van der Waals surface area contributed by atoms with Crippen LogP contribution in [0.1, 0.15) is 25.7 Å². The molecule has 2 aliphatic heterocycles. The van der Waals surface area contributed by atoms with Crippen molar-refractivity contribution in [1.82, 2.24) is 25.1 Å². The van der Waals surface area contributed by atoms with E-state index in [9.17, 15) is 9.18 Å². The minimum atomic E-state index is -0.423. The number of anilines is 2.